The second-order valence-corrected chi connectivity index (χ2v) is 7.90. The number of alkyl halides is 1. The third-order valence-corrected chi connectivity index (χ3v) is 4.45. The summed E-state index contributed by atoms with van der Waals surface area (Å²) in [5.41, 5.74) is 8.23. The van der Waals surface area contributed by atoms with Gasteiger partial charge in [-0.25, -0.2) is 4.79 Å². The van der Waals surface area contributed by atoms with Crippen LogP contribution in [-0.2, 0) is 9.53 Å². The van der Waals surface area contributed by atoms with Crippen LogP contribution in [0.5, 0.6) is 0 Å². The Labute approximate surface area is 174 Å². The van der Waals surface area contributed by atoms with Gasteiger partial charge in [0.05, 0.1) is 11.4 Å². The summed E-state index contributed by atoms with van der Waals surface area (Å²) in [5, 5.41) is 0. The molecule has 0 atom stereocenters. The summed E-state index contributed by atoms with van der Waals surface area (Å²) in [7, 11) is 0. The van der Waals surface area contributed by atoms with E-state index >= 15 is 0 Å². The molecule has 1 aromatic carbocycles. The fourth-order valence-corrected chi connectivity index (χ4v) is 3.03. The van der Waals surface area contributed by atoms with Gasteiger partial charge in [-0.15, -0.1) is 11.6 Å². The molecular weight excluding hydrogens is 378 g/mol. The first kappa shape index (κ1) is 24.1. The maximum atomic E-state index is 12.6. The Balaban J connectivity index is 0.00000190. The van der Waals surface area contributed by atoms with Crippen molar-refractivity contribution in [3.8, 4) is 0 Å². The molecule has 28 heavy (non-hydrogen) atoms. The molecule has 1 heterocycles. The van der Waals surface area contributed by atoms with Gasteiger partial charge in [-0.05, 0) is 58.2 Å². The molecule has 6 nitrogen and oxygen atoms in total. The number of amides is 2. The van der Waals surface area contributed by atoms with Crippen LogP contribution in [0, 0.1) is 6.92 Å². The van der Waals surface area contributed by atoms with E-state index in [1.54, 1.807) is 15.9 Å². The maximum Gasteiger partial charge on any atom is 0.414 e. The zero-order chi connectivity index (χ0) is 21.5. The van der Waals surface area contributed by atoms with Gasteiger partial charge in [0.2, 0.25) is 5.91 Å². The zero-order valence-electron chi connectivity index (χ0n) is 18.0. The molecule has 2 N–H and O–H groups in total. The number of halogens is 1. The number of aryl methyl sites for hydroxylation is 1. The van der Waals surface area contributed by atoms with E-state index in [0.717, 1.165) is 18.4 Å². The molecule has 158 valence electrons. The van der Waals surface area contributed by atoms with Crippen LogP contribution in [0.1, 0.15) is 59.4 Å². The molecule has 2 rings (SSSR count). The number of nitrogens with zero attached hydrogens (tertiary/aromatic N) is 2. The highest BCUT2D eigenvalue weighted by atomic mass is 35.5. The summed E-state index contributed by atoms with van der Waals surface area (Å²) in [5.74, 6) is 0.561. The van der Waals surface area contributed by atoms with Crippen LogP contribution in [0.3, 0.4) is 0 Å². The number of rotatable bonds is 4. The first-order chi connectivity index (χ1) is 13.1. The van der Waals surface area contributed by atoms with Crippen LogP contribution < -0.4 is 15.5 Å². The Hall–Kier alpha value is -1.95. The van der Waals surface area contributed by atoms with E-state index in [-0.39, 0.29) is 5.91 Å². The number of nitrogen functional groups attached to an aromatic ring is 1. The summed E-state index contributed by atoms with van der Waals surface area (Å²) >= 11 is 5.70. The van der Waals surface area contributed by atoms with Crippen molar-refractivity contribution < 1.29 is 14.3 Å². The number of anilines is 3. The molecule has 1 aromatic rings. The van der Waals surface area contributed by atoms with E-state index in [9.17, 15) is 9.59 Å². The van der Waals surface area contributed by atoms with Gasteiger partial charge >= 0.3 is 6.09 Å². The predicted molar refractivity (Wildman–Crippen MR) is 117 cm³/mol. The maximum absolute atomic E-state index is 12.6. The van der Waals surface area contributed by atoms with Crippen molar-refractivity contribution in [3.05, 3.63) is 17.7 Å². The Morgan fingerprint density at radius 2 is 1.68 bits per heavy atom. The van der Waals surface area contributed by atoms with Crippen molar-refractivity contribution in [2.45, 2.75) is 66.4 Å². The Morgan fingerprint density at radius 1 is 1.11 bits per heavy atom. The number of ether oxygens (including phenoxy) is 1. The summed E-state index contributed by atoms with van der Waals surface area (Å²) in [4.78, 5) is 28.5. The fourth-order valence-electron chi connectivity index (χ4n) is 2.84. The highest BCUT2D eigenvalue weighted by Gasteiger charge is 2.32. The van der Waals surface area contributed by atoms with E-state index in [1.807, 2.05) is 47.6 Å². The Morgan fingerprint density at radius 3 is 2.25 bits per heavy atom. The molecule has 1 aliphatic rings. The molecule has 0 aromatic heterocycles. The molecule has 0 aliphatic carbocycles. The number of nitrogens with two attached hydrogens (primary N) is 1. The van der Waals surface area contributed by atoms with E-state index in [0.29, 0.717) is 42.5 Å². The molecule has 0 spiro atoms. The van der Waals surface area contributed by atoms with Crippen molar-refractivity contribution in [1.82, 2.24) is 0 Å². The van der Waals surface area contributed by atoms with Gasteiger partial charge in [0.25, 0.3) is 0 Å². The van der Waals surface area contributed by atoms with E-state index in [1.165, 1.54) is 0 Å². The number of hydrogen-bond acceptors (Lipinski definition) is 4. The highest BCUT2D eigenvalue weighted by molar-refractivity contribution is 6.17. The molecular formula is C21H34ClN3O3. The van der Waals surface area contributed by atoms with E-state index in [4.69, 9.17) is 22.1 Å². The highest BCUT2D eigenvalue weighted by Crippen LogP contribution is 2.37. The van der Waals surface area contributed by atoms with Crippen LogP contribution in [0.15, 0.2) is 12.1 Å². The summed E-state index contributed by atoms with van der Waals surface area (Å²) in [6.07, 6.45) is 1.54. The van der Waals surface area contributed by atoms with Crippen LogP contribution in [0.2, 0.25) is 0 Å². The largest absolute Gasteiger partial charge is 0.443 e. The minimum absolute atomic E-state index is 0.0171. The molecule has 0 unspecified atom stereocenters. The lowest BCUT2D eigenvalue weighted by atomic mass is 10.1. The zero-order valence-corrected chi connectivity index (χ0v) is 18.7. The van der Waals surface area contributed by atoms with Gasteiger partial charge in [-0.1, -0.05) is 13.8 Å². The SMILES string of the molecule is CC.Cc1cc2c(cc1N)N(C(=O)CCCCCl)CCN2C(=O)OC(C)(C)C. The lowest BCUT2D eigenvalue weighted by Gasteiger charge is -2.37. The van der Waals surface area contributed by atoms with E-state index < -0.39 is 11.7 Å². The third-order valence-electron chi connectivity index (χ3n) is 4.18. The van der Waals surface area contributed by atoms with Gasteiger partial charge in [0.1, 0.15) is 5.60 Å². The normalized spacial score (nSPS) is 13.4. The number of benzene rings is 1. The van der Waals surface area contributed by atoms with Gasteiger partial charge < -0.3 is 15.4 Å². The topological polar surface area (TPSA) is 75.9 Å². The minimum atomic E-state index is -0.589. The van der Waals surface area contributed by atoms with Gasteiger partial charge in [0.15, 0.2) is 0 Å². The van der Waals surface area contributed by atoms with Crippen LogP contribution in [0.25, 0.3) is 0 Å². The first-order valence-corrected chi connectivity index (χ1v) is 10.4. The number of hydrogen-bond donors (Lipinski definition) is 1. The standard InChI is InChI=1S/C19H28ClN3O3.C2H6/c1-13-11-15-16(12-14(13)21)22(17(24)7-5-6-8-20)9-10-23(15)18(25)26-19(2,3)4;1-2/h11-12H,5-10,21H2,1-4H3;1-2H3. The molecule has 0 bridgehead atoms. The lowest BCUT2D eigenvalue weighted by molar-refractivity contribution is -0.118. The molecule has 1 aliphatic heterocycles. The smallest absolute Gasteiger partial charge is 0.414 e. The Bertz CT molecular complexity index is 686. The molecule has 7 heteroatoms. The van der Waals surface area contributed by atoms with Crippen LogP contribution >= 0.6 is 11.6 Å². The summed E-state index contributed by atoms with van der Waals surface area (Å²) in [6, 6.07) is 3.60. The monoisotopic (exact) mass is 411 g/mol. The third kappa shape index (κ3) is 6.30. The van der Waals surface area contributed by atoms with Crippen LogP contribution in [-0.4, -0.2) is 36.6 Å². The number of unbranched alkanes of at least 4 members (excludes halogenated alkanes) is 1. The first-order valence-electron chi connectivity index (χ1n) is 9.91. The van der Waals surface area contributed by atoms with Crippen molar-refractivity contribution in [3.63, 3.8) is 0 Å². The number of carbonyl (C=O) groups excluding carboxylic acids is 2. The number of fused-ring (bicyclic) bond motifs is 1. The minimum Gasteiger partial charge on any atom is -0.443 e. The van der Waals surface area contributed by atoms with Gasteiger partial charge in [0, 0.05) is 31.1 Å². The Kier molecular flexibility index (Phi) is 9.08. The van der Waals surface area contributed by atoms with Gasteiger partial charge in [-0.3, -0.25) is 9.69 Å². The average Bonchev–Trinajstić information content (AvgIpc) is 2.62. The van der Waals surface area contributed by atoms with E-state index in [2.05, 4.69) is 0 Å². The average molecular weight is 412 g/mol. The fraction of sp³-hybridized carbons (Fsp3) is 0.619. The summed E-state index contributed by atoms with van der Waals surface area (Å²) < 4.78 is 5.52. The molecule has 0 saturated carbocycles. The lowest BCUT2D eigenvalue weighted by Crippen LogP contribution is -2.48. The number of carbonyl (C=O) groups is 2. The predicted octanol–water partition coefficient (Wildman–Crippen LogP) is 5.10. The molecule has 2 amide bonds. The molecule has 0 saturated heterocycles. The quantitative estimate of drug-likeness (QED) is 0.424. The van der Waals surface area contributed by atoms with Gasteiger partial charge in [-0.2, -0.15) is 0 Å². The van der Waals surface area contributed by atoms with Crippen LogP contribution in [0.4, 0.5) is 21.9 Å². The molecule has 0 radical (unpaired) electrons. The summed E-state index contributed by atoms with van der Waals surface area (Å²) in [6.45, 7) is 12.2. The van der Waals surface area contributed by atoms with Crippen molar-refractivity contribution in [2.24, 2.45) is 0 Å². The second-order valence-electron chi connectivity index (χ2n) is 7.52. The second kappa shape index (κ2) is 10.6. The van der Waals surface area contributed by atoms with Crippen molar-refractivity contribution in [1.29, 1.82) is 0 Å². The van der Waals surface area contributed by atoms with Crippen molar-refractivity contribution >= 4 is 40.7 Å². The van der Waals surface area contributed by atoms with Crippen molar-refractivity contribution in [2.75, 3.05) is 34.5 Å². The molecule has 0 fully saturated rings.